The van der Waals surface area contributed by atoms with Gasteiger partial charge < -0.3 is 13.9 Å². The van der Waals surface area contributed by atoms with Crippen molar-refractivity contribution in [1.29, 1.82) is 0 Å². The van der Waals surface area contributed by atoms with Crippen LogP contribution in [0.25, 0.3) is 11.0 Å². The highest BCUT2D eigenvalue weighted by Gasteiger charge is 2.45. The van der Waals surface area contributed by atoms with E-state index < -0.39 is 11.9 Å². The molecule has 0 fully saturated rings. The Balaban J connectivity index is 1.79. The summed E-state index contributed by atoms with van der Waals surface area (Å²) in [6.45, 7) is 6.22. The van der Waals surface area contributed by atoms with E-state index in [2.05, 4.69) is 20.9 Å². The number of nitrogens with zero attached hydrogens (tertiary/aromatic N) is 2. The number of rotatable bonds is 5. The van der Waals surface area contributed by atoms with E-state index in [-0.39, 0.29) is 16.8 Å². The number of amides is 1. The van der Waals surface area contributed by atoms with Crippen LogP contribution < -0.4 is 19.8 Å². The highest BCUT2D eigenvalue weighted by molar-refractivity contribution is 9.10. The Morgan fingerprint density at radius 2 is 1.94 bits per heavy atom. The topological polar surface area (TPSA) is 81.9 Å². The summed E-state index contributed by atoms with van der Waals surface area (Å²) in [4.78, 5) is 34.6. The lowest BCUT2D eigenvalue weighted by molar-refractivity contribution is 0.0971. The van der Waals surface area contributed by atoms with Crippen molar-refractivity contribution >= 4 is 49.3 Å². The van der Waals surface area contributed by atoms with E-state index in [1.165, 1.54) is 11.3 Å². The fourth-order valence-corrected chi connectivity index (χ4v) is 5.44. The van der Waals surface area contributed by atoms with Crippen LogP contribution in [0.15, 0.2) is 50.1 Å². The maximum absolute atomic E-state index is 13.7. The molecule has 0 saturated heterocycles. The molecule has 0 N–H and O–H groups in total. The summed E-state index contributed by atoms with van der Waals surface area (Å²) >= 11 is 4.83. The maximum atomic E-state index is 13.7. The summed E-state index contributed by atoms with van der Waals surface area (Å²) in [7, 11) is 1.56. The lowest BCUT2D eigenvalue weighted by Crippen LogP contribution is -2.29. The summed E-state index contributed by atoms with van der Waals surface area (Å²) in [6, 6.07) is 9.87. The predicted molar refractivity (Wildman–Crippen MR) is 135 cm³/mol. The van der Waals surface area contributed by atoms with Crippen LogP contribution in [-0.2, 0) is 0 Å². The molecule has 1 amide bonds. The summed E-state index contributed by atoms with van der Waals surface area (Å²) in [5, 5.41) is 0.908. The Morgan fingerprint density at radius 3 is 2.62 bits per heavy atom. The summed E-state index contributed by atoms with van der Waals surface area (Å²) in [6.07, 6.45) is 0. The number of hydrogen-bond acceptors (Lipinski definition) is 7. The van der Waals surface area contributed by atoms with Crippen molar-refractivity contribution in [2.75, 3.05) is 18.6 Å². The van der Waals surface area contributed by atoms with Gasteiger partial charge in [-0.2, -0.15) is 0 Å². The van der Waals surface area contributed by atoms with E-state index in [1.54, 1.807) is 42.3 Å². The molecule has 1 aliphatic rings. The highest BCUT2D eigenvalue weighted by Crippen LogP contribution is 2.44. The van der Waals surface area contributed by atoms with Gasteiger partial charge in [0.2, 0.25) is 5.76 Å². The molecule has 0 bridgehead atoms. The molecule has 1 aliphatic heterocycles. The average molecular weight is 541 g/mol. The third-order valence-corrected chi connectivity index (χ3v) is 7.42. The quantitative estimate of drug-likeness (QED) is 0.318. The second-order valence-electron chi connectivity index (χ2n) is 7.87. The zero-order valence-corrected chi connectivity index (χ0v) is 21.4. The summed E-state index contributed by atoms with van der Waals surface area (Å²) < 4.78 is 18.0. The van der Waals surface area contributed by atoms with E-state index in [4.69, 9.17) is 13.9 Å². The molecule has 34 heavy (non-hydrogen) atoms. The third-order valence-electron chi connectivity index (χ3n) is 5.86. The number of methoxy groups -OCH3 is 1. The first-order valence-electron chi connectivity index (χ1n) is 10.7. The Labute approximate surface area is 208 Å². The fraction of sp³-hybridized carbons (Fsp3) is 0.240. The minimum Gasteiger partial charge on any atom is -0.493 e. The molecule has 174 valence electrons. The van der Waals surface area contributed by atoms with E-state index in [9.17, 15) is 9.59 Å². The molecule has 0 aliphatic carbocycles. The number of anilines is 1. The normalized spacial score (nSPS) is 15.1. The minimum absolute atomic E-state index is 0.0307. The molecule has 7 nitrogen and oxygen atoms in total. The van der Waals surface area contributed by atoms with Gasteiger partial charge in [0.15, 0.2) is 22.1 Å². The highest BCUT2D eigenvalue weighted by atomic mass is 79.9. The van der Waals surface area contributed by atoms with Crippen molar-refractivity contribution in [1.82, 2.24) is 4.98 Å². The third kappa shape index (κ3) is 3.50. The number of halogens is 1. The van der Waals surface area contributed by atoms with Crippen molar-refractivity contribution in [2.45, 2.75) is 26.8 Å². The first-order chi connectivity index (χ1) is 16.3. The molecule has 0 radical (unpaired) electrons. The number of thiazole rings is 1. The van der Waals surface area contributed by atoms with Gasteiger partial charge in [0.25, 0.3) is 5.91 Å². The Kier molecular flexibility index (Phi) is 5.69. The molecule has 3 heterocycles. The fourth-order valence-electron chi connectivity index (χ4n) is 4.15. The van der Waals surface area contributed by atoms with Crippen LogP contribution in [-0.4, -0.2) is 24.6 Å². The monoisotopic (exact) mass is 540 g/mol. The first-order valence-corrected chi connectivity index (χ1v) is 12.3. The van der Waals surface area contributed by atoms with Crippen LogP contribution in [0.4, 0.5) is 5.13 Å². The van der Waals surface area contributed by atoms with Crippen molar-refractivity contribution in [3.05, 3.63) is 78.6 Å². The molecule has 2 aromatic heterocycles. The minimum atomic E-state index is -0.725. The van der Waals surface area contributed by atoms with Crippen LogP contribution in [0.3, 0.4) is 0 Å². The lowest BCUT2D eigenvalue weighted by atomic mass is 9.98. The maximum Gasteiger partial charge on any atom is 0.297 e. The summed E-state index contributed by atoms with van der Waals surface area (Å²) in [5.41, 5.74) is 1.92. The molecule has 2 aromatic carbocycles. The second-order valence-corrected chi connectivity index (χ2v) is 9.97. The molecule has 1 atom stereocenters. The van der Waals surface area contributed by atoms with E-state index in [0.717, 1.165) is 15.0 Å². The van der Waals surface area contributed by atoms with Crippen LogP contribution in [0.5, 0.6) is 11.5 Å². The van der Waals surface area contributed by atoms with Gasteiger partial charge in [-0.1, -0.05) is 22.0 Å². The van der Waals surface area contributed by atoms with Crippen molar-refractivity contribution in [2.24, 2.45) is 0 Å². The molecule has 4 aromatic rings. The zero-order chi connectivity index (χ0) is 24.1. The SMILES string of the molecule is CCOc1ccc(C2c3c(oc4ccc(Br)cc4c3=O)C(=O)N2c2nc(C)c(C)s2)cc1OC. The van der Waals surface area contributed by atoms with E-state index in [0.29, 0.717) is 39.8 Å². The molecule has 9 heteroatoms. The number of fused-ring (bicyclic) bond motifs is 2. The Morgan fingerprint density at radius 1 is 1.15 bits per heavy atom. The molecule has 1 unspecified atom stereocenters. The van der Waals surface area contributed by atoms with Crippen LogP contribution in [0, 0.1) is 13.8 Å². The first kappa shape index (κ1) is 22.6. The van der Waals surface area contributed by atoms with Gasteiger partial charge in [-0.25, -0.2) is 4.98 Å². The second kappa shape index (κ2) is 8.56. The van der Waals surface area contributed by atoms with Crippen molar-refractivity contribution in [3.8, 4) is 11.5 Å². The average Bonchev–Trinajstić information content (AvgIpc) is 3.30. The van der Waals surface area contributed by atoms with Crippen molar-refractivity contribution < 1.29 is 18.7 Å². The largest absolute Gasteiger partial charge is 0.493 e. The standard InChI is InChI=1S/C25H21BrN2O5S/c1-5-32-18-8-6-14(10-19(18)31-4)21-20-22(29)16-11-15(26)7-9-17(16)33-23(20)24(30)28(21)25-27-12(2)13(3)34-25/h6-11,21H,5H2,1-4H3. The van der Waals surface area contributed by atoms with Gasteiger partial charge in [0.1, 0.15) is 5.58 Å². The lowest BCUT2D eigenvalue weighted by Gasteiger charge is -2.23. The summed E-state index contributed by atoms with van der Waals surface area (Å²) in [5.74, 6) is 0.728. The van der Waals surface area contributed by atoms with Gasteiger partial charge in [0, 0.05) is 9.35 Å². The Hall–Kier alpha value is -3.17. The van der Waals surface area contributed by atoms with Crippen LogP contribution in [0.1, 0.15) is 45.2 Å². The number of aryl methyl sites for hydroxylation is 2. The number of aromatic nitrogens is 1. The smallest absolute Gasteiger partial charge is 0.297 e. The number of hydrogen-bond donors (Lipinski definition) is 0. The van der Waals surface area contributed by atoms with Gasteiger partial charge in [0.05, 0.1) is 36.4 Å². The van der Waals surface area contributed by atoms with Crippen molar-refractivity contribution in [3.63, 3.8) is 0 Å². The predicted octanol–water partition coefficient (Wildman–Crippen LogP) is 5.79. The van der Waals surface area contributed by atoms with E-state index in [1.807, 2.05) is 26.8 Å². The van der Waals surface area contributed by atoms with Gasteiger partial charge in [-0.15, -0.1) is 11.3 Å². The number of carbonyl (C=O) groups is 1. The van der Waals surface area contributed by atoms with Crippen LogP contribution in [0.2, 0.25) is 0 Å². The van der Waals surface area contributed by atoms with E-state index >= 15 is 0 Å². The number of carbonyl (C=O) groups excluding carboxylic acids is 1. The Bertz CT molecular complexity index is 1490. The molecular formula is C25H21BrN2O5S. The molecule has 0 spiro atoms. The van der Waals surface area contributed by atoms with Gasteiger partial charge >= 0.3 is 0 Å². The molecule has 5 rings (SSSR count). The molecular weight excluding hydrogens is 520 g/mol. The zero-order valence-electron chi connectivity index (χ0n) is 19.0. The molecule has 0 saturated carbocycles. The van der Waals surface area contributed by atoms with Gasteiger partial charge in [-0.3, -0.25) is 14.5 Å². The van der Waals surface area contributed by atoms with Gasteiger partial charge in [-0.05, 0) is 56.7 Å². The number of ether oxygens (including phenoxy) is 2. The number of benzene rings is 2. The van der Waals surface area contributed by atoms with Crippen LogP contribution >= 0.6 is 27.3 Å².